The third-order valence-corrected chi connectivity index (χ3v) is 3.70. The number of benzene rings is 3. The Kier molecular flexibility index (Phi) is 5.11. The number of ether oxygens (including phenoxy) is 1. The second-order valence-electron chi connectivity index (χ2n) is 5.41. The zero-order chi connectivity index (χ0) is 18.4. The molecule has 1 amide bonds. The third-order valence-electron chi connectivity index (χ3n) is 3.70. The fourth-order valence-electron chi connectivity index (χ4n) is 2.45. The van der Waals surface area contributed by atoms with E-state index < -0.39 is 5.91 Å². The maximum absolute atomic E-state index is 11.9. The van der Waals surface area contributed by atoms with Crippen LogP contribution in [-0.4, -0.2) is 23.8 Å². The number of para-hydroxylation sites is 1. The fourth-order valence-corrected chi connectivity index (χ4v) is 2.45. The smallest absolute Gasteiger partial charge is 0.277 e. The molecule has 0 unspecified atom stereocenters. The minimum absolute atomic E-state index is 0.0703. The van der Waals surface area contributed by atoms with Gasteiger partial charge in [0.2, 0.25) is 0 Å². The molecule has 0 aliphatic rings. The lowest BCUT2D eigenvalue weighted by Gasteiger charge is -2.07. The lowest BCUT2D eigenvalue weighted by molar-refractivity contribution is -0.123. The number of phenols is 1. The van der Waals surface area contributed by atoms with Crippen LogP contribution >= 0.6 is 0 Å². The van der Waals surface area contributed by atoms with E-state index in [1.807, 2.05) is 30.3 Å². The number of amides is 1. The van der Waals surface area contributed by atoms with Crippen molar-refractivity contribution < 1.29 is 14.6 Å². The summed E-state index contributed by atoms with van der Waals surface area (Å²) in [5.74, 6) is -0.0737. The van der Waals surface area contributed by atoms with Crippen molar-refractivity contribution in [3.63, 3.8) is 0 Å². The van der Waals surface area contributed by atoms with Crippen LogP contribution in [0.2, 0.25) is 0 Å². The first-order valence-electron chi connectivity index (χ1n) is 7.83. The van der Waals surface area contributed by atoms with Gasteiger partial charge in [0.15, 0.2) is 6.61 Å². The van der Waals surface area contributed by atoms with E-state index in [-0.39, 0.29) is 12.4 Å². The Hall–Kier alpha value is -3.85. The second-order valence-corrected chi connectivity index (χ2v) is 5.41. The van der Waals surface area contributed by atoms with E-state index in [1.54, 1.807) is 36.4 Å². The van der Waals surface area contributed by atoms with E-state index >= 15 is 0 Å². The molecule has 3 aromatic carbocycles. The SMILES string of the molecule is N#Cc1ccccc1OCC(=O)N/N=C/c1c(O)ccc2ccccc12. The van der Waals surface area contributed by atoms with Crippen molar-refractivity contribution in [3.8, 4) is 17.6 Å². The summed E-state index contributed by atoms with van der Waals surface area (Å²) in [6.07, 6.45) is 1.39. The number of rotatable bonds is 5. The average molecular weight is 345 g/mol. The topological polar surface area (TPSA) is 94.7 Å². The van der Waals surface area contributed by atoms with E-state index in [0.29, 0.717) is 16.9 Å². The number of aromatic hydroxyl groups is 1. The molecule has 6 nitrogen and oxygen atoms in total. The average Bonchev–Trinajstić information content (AvgIpc) is 2.68. The molecule has 0 fully saturated rings. The van der Waals surface area contributed by atoms with Crippen molar-refractivity contribution in [2.45, 2.75) is 0 Å². The quantitative estimate of drug-likeness (QED) is 0.549. The number of hydrogen-bond acceptors (Lipinski definition) is 5. The first-order valence-corrected chi connectivity index (χ1v) is 7.83. The number of nitrogens with zero attached hydrogens (tertiary/aromatic N) is 2. The molecule has 128 valence electrons. The number of nitrogens with one attached hydrogen (secondary N) is 1. The molecule has 6 heteroatoms. The molecule has 0 saturated heterocycles. The Morgan fingerprint density at radius 3 is 2.77 bits per heavy atom. The largest absolute Gasteiger partial charge is 0.507 e. The van der Waals surface area contributed by atoms with Gasteiger partial charge in [-0.2, -0.15) is 10.4 Å². The summed E-state index contributed by atoms with van der Waals surface area (Å²) in [6.45, 7) is -0.280. The van der Waals surface area contributed by atoms with E-state index in [0.717, 1.165) is 10.8 Å². The Morgan fingerprint density at radius 1 is 1.15 bits per heavy atom. The zero-order valence-electron chi connectivity index (χ0n) is 13.7. The van der Waals surface area contributed by atoms with Gasteiger partial charge in [-0.05, 0) is 29.0 Å². The van der Waals surface area contributed by atoms with Crippen molar-refractivity contribution in [2.75, 3.05) is 6.61 Å². The molecule has 0 spiro atoms. The van der Waals surface area contributed by atoms with Crippen LogP contribution in [0.15, 0.2) is 65.8 Å². The molecule has 26 heavy (non-hydrogen) atoms. The molecule has 0 atom stereocenters. The van der Waals surface area contributed by atoms with Gasteiger partial charge in [-0.1, -0.05) is 42.5 Å². The first kappa shape index (κ1) is 17.0. The summed E-state index contributed by atoms with van der Waals surface area (Å²) < 4.78 is 5.33. The second kappa shape index (κ2) is 7.81. The molecule has 0 heterocycles. The Bertz CT molecular complexity index is 1020. The summed E-state index contributed by atoms with van der Waals surface area (Å²) in [4.78, 5) is 11.9. The highest BCUT2D eigenvalue weighted by atomic mass is 16.5. The highest BCUT2D eigenvalue weighted by Crippen LogP contribution is 2.25. The van der Waals surface area contributed by atoms with Crippen molar-refractivity contribution in [1.29, 1.82) is 5.26 Å². The molecule has 0 aliphatic heterocycles. The molecular weight excluding hydrogens is 330 g/mol. The normalized spacial score (nSPS) is 10.6. The number of carbonyl (C=O) groups excluding carboxylic acids is 1. The van der Waals surface area contributed by atoms with Crippen molar-refractivity contribution in [3.05, 3.63) is 71.8 Å². The number of hydrogen-bond donors (Lipinski definition) is 2. The van der Waals surface area contributed by atoms with Crippen molar-refractivity contribution in [1.82, 2.24) is 5.43 Å². The number of fused-ring (bicyclic) bond motifs is 1. The number of carbonyl (C=O) groups is 1. The molecule has 3 aromatic rings. The van der Waals surface area contributed by atoms with Crippen LogP contribution in [0.5, 0.6) is 11.5 Å². The first-order chi connectivity index (χ1) is 12.7. The molecular formula is C20H15N3O3. The minimum atomic E-state index is -0.478. The van der Waals surface area contributed by atoms with Gasteiger partial charge in [0.1, 0.15) is 17.6 Å². The number of nitriles is 1. The van der Waals surface area contributed by atoms with E-state index in [4.69, 9.17) is 10.00 Å². The van der Waals surface area contributed by atoms with Crippen molar-refractivity contribution >= 4 is 22.9 Å². The minimum Gasteiger partial charge on any atom is -0.507 e. The van der Waals surface area contributed by atoms with Gasteiger partial charge in [0.25, 0.3) is 5.91 Å². The highest BCUT2D eigenvalue weighted by molar-refractivity contribution is 6.02. The van der Waals surface area contributed by atoms with Crippen molar-refractivity contribution in [2.24, 2.45) is 5.10 Å². The molecule has 2 N–H and O–H groups in total. The third kappa shape index (κ3) is 3.79. The highest BCUT2D eigenvalue weighted by Gasteiger charge is 2.07. The van der Waals surface area contributed by atoms with Gasteiger partial charge in [-0.15, -0.1) is 0 Å². The van der Waals surface area contributed by atoms with Crippen LogP contribution in [0.1, 0.15) is 11.1 Å². The van der Waals surface area contributed by atoms with Crippen LogP contribution in [0, 0.1) is 11.3 Å². The van der Waals surface area contributed by atoms with Gasteiger partial charge in [-0.25, -0.2) is 5.43 Å². The van der Waals surface area contributed by atoms with Crippen LogP contribution in [0.3, 0.4) is 0 Å². The predicted molar refractivity (Wildman–Crippen MR) is 98.0 cm³/mol. The maximum atomic E-state index is 11.9. The van der Waals surface area contributed by atoms with E-state index in [1.165, 1.54) is 6.21 Å². The van der Waals surface area contributed by atoms with Gasteiger partial charge in [0.05, 0.1) is 11.8 Å². The van der Waals surface area contributed by atoms with Gasteiger partial charge in [-0.3, -0.25) is 4.79 Å². The Labute approximate surface area is 150 Å². The molecule has 0 bridgehead atoms. The van der Waals surface area contributed by atoms with Crippen LogP contribution in [0.25, 0.3) is 10.8 Å². The molecule has 0 aliphatic carbocycles. The summed E-state index contributed by atoms with van der Waals surface area (Å²) in [5, 5.41) is 24.7. The summed E-state index contributed by atoms with van der Waals surface area (Å²) in [7, 11) is 0. The van der Waals surface area contributed by atoms with Gasteiger partial charge >= 0.3 is 0 Å². The monoisotopic (exact) mass is 345 g/mol. The summed E-state index contributed by atoms with van der Waals surface area (Å²) in [6, 6.07) is 19.6. The number of hydrazone groups is 1. The molecule has 0 saturated carbocycles. The predicted octanol–water partition coefficient (Wildman–Crippen LogP) is 2.95. The summed E-state index contributed by atoms with van der Waals surface area (Å²) >= 11 is 0. The van der Waals surface area contributed by atoms with Crippen LogP contribution < -0.4 is 10.2 Å². The van der Waals surface area contributed by atoms with Gasteiger partial charge < -0.3 is 9.84 Å². The Morgan fingerprint density at radius 2 is 1.92 bits per heavy atom. The zero-order valence-corrected chi connectivity index (χ0v) is 13.7. The maximum Gasteiger partial charge on any atom is 0.277 e. The number of phenolic OH excluding ortho intramolecular Hbond substituents is 1. The van der Waals surface area contributed by atoms with Crippen LogP contribution in [0.4, 0.5) is 0 Å². The Balaban J connectivity index is 1.65. The van der Waals surface area contributed by atoms with Gasteiger partial charge in [0, 0.05) is 5.56 Å². The fraction of sp³-hybridized carbons (Fsp3) is 0.0500. The summed E-state index contributed by atoms with van der Waals surface area (Å²) in [5.41, 5.74) is 3.21. The lowest BCUT2D eigenvalue weighted by atomic mass is 10.0. The van der Waals surface area contributed by atoms with Crippen LogP contribution in [-0.2, 0) is 4.79 Å². The van der Waals surface area contributed by atoms with E-state index in [9.17, 15) is 9.90 Å². The lowest BCUT2D eigenvalue weighted by Crippen LogP contribution is -2.24. The molecule has 3 rings (SSSR count). The molecule has 0 radical (unpaired) electrons. The van der Waals surface area contributed by atoms with E-state index in [2.05, 4.69) is 10.5 Å². The molecule has 0 aromatic heterocycles. The standard InChI is InChI=1S/C20H15N3O3/c21-11-15-6-2-4-8-19(15)26-13-20(25)23-22-12-17-16-7-3-1-5-14(16)9-10-18(17)24/h1-10,12,24H,13H2,(H,23,25)/b22-12+.